The molecule has 3 aliphatic rings. The number of hydrazine groups is 1. The van der Waals surface area contributed by atoms with Crippen LogP contribution < -0.4 is 16.6 Å². The van der Waals surface area contributed by atoms with Crippen molar-refractivity contribution in [3.8, 4) is 11.3 Å². The van der Waals surface area contributed by atoms with Crippen LogP contribution in [-0.4, -0.2) is 39.2 Å². The molecule has 2 atom stereocenters. The molecule has 2 amide bonds. The number of H-pyrrole nitrogens is 1. The first-order valence-corrected chi connectivity index (χ1v) is 13.3. The molecule has 6 N–H and O–H groups in total. The Balaban J connectivity index is 1.37. The van der Waals surface area contributed by atoms with Crippen LogP contribution in [0.1, 0.15) is 57.2 Å². The van der Waals surface area contributed by atoms with Crippen LogP contribution in [0.2, 0.25) is 0 Å². The monoisotopic (exact) mass is 518 g/mol. The van der Waals surface area contributed by atoms with Crippen molar-refractivity contribution >= 4 is 41.1 Å². The van der Waals surface area contributed by atoms with E-state index in [0.29, 0.717) is 35.6 Å². The number of aromatic nitrogens is 1. The van der Waals surface area contributed by atoms with Crippen molar-refractivity contribution in [1.82, 2.24) is 20.6 Å². The van der Waals surface area contributed by atoms with Gasteiger partial charge >= 0.3 is 0 Å². The molecule has 2 bridgehead atoms. The lowest BCUT2D eigenvalue weighted by Crippen LogP contribution is -2.58. The van der Waals surface area contributed by atoms with Gasteiger partial charge in [-0.15, -0.1) is 0 Å². The fourth-order valence-electron chi connectivity index (χ4n) is 6.99. The van der Waals surface area contributed by atoms with Crippen LogP contribution in [0.4, 0.5) is 0 Å². The first kappa shape index (κ1) is 25.4. The second-order valence-electron chi connectivity index (χ2n) is 11.3. The Kier molecular flexibility index (Phi) is 6.76. The Morgan fingerprint density at radius 3 is 2.46 bits per heavy atom. The lowest BCUT2D eigenvalue weighted by Gasteiger charge is -2.52. The summed E-state index contributed by atoms with van der Waals surface area (Å²) in [7, 11) is 0. The van der Waals surface area contributed by atoms with Gasteiger partial charge in [0.2, 0.25) is 0 Å². The van der Waals surface area contributed by atoms with Crippen LogP contribution in [0.3, 0.4) is 0 Å². The van der Waals surface area contributed by atoms with E-state index in [1.807, 2.05) is 24.3 Å². The summed E-state index contributed by atoms with van der Waals surface area (Å²) in [5, 5.41) is 10.7. The standard InChI is InChI=1S/C28H34N6O2S/c1-16-9-18-10-17(2)13-28(12-16,14-18)15-34-26(36)22(25(35)32-27(34)37)11-21-7-8-23(31-21)19-3-5-20(6-4-19)24(29)33-30/h3-8,11,16-18,31H,9-10,12-15,30H2,1-2H3,(H2,29,33)(H,32,35,37)/b22-11+. The van der Waals surface area contributed by atoms with Crippen molar-refractivity contribution in [3.63, 3.8) is 0 Å². The van der Waals surface area contributed by atoms with E-state index in [1.54, 1.807) is 23.1 Å². The van der Waals surface area contributed by atoms with Crippen LogP contribution in [-0.2, 0) is 9.59 Å². The van der Waals surface area contributed by atoms with Gasteiger partial charge in [0.15, 0.2) is 5.11 Å². The Morgan fingerprint density at radius 2 is 1.81 bits per heavy atom. The van der Waals surface area contributed by atoms with Crippen molar-refractivity contribution in [2.45, 2.75) is 46.0 Å². The van der Waals surface area contributed by atoms with Gasteiger partial charge in [-0.3, -0.25) is 25.2 Å². The van der Waals surface area contributed by atoms with Gasteiger partial charge in [-0.1, -0.05) is 38.1 Å². The van der Waals surface area contributed by atoms with E-state index in [0.717, 1.165) is 30.5 Å². The molecular formula is C28H34N6O2S. The minimum Gasteiger partial charge on any atom is -0.355 e. The maximum atomic E-state index is 13.6. The molecule has 2 aliphatic carbocycles. The highest BCUT2D eigenvalue weighted by Gasteiger charge is 2.47. The summed E-state index contributed by atoms with van der Waals surface area (Å²) in [6, 6.07) is 11.1. The fourth-order valence-corrected chi connectivity index (χ4v) is 7.24. The van der Waals surface area contributed by atoms with Crippen LogP contribution in [0.25, 0.3) is 17.3 Å². The molecular weight excluding hydrogens is 484 g/mol. The summed E-state index contributed by atoms with van der Waals surface area (Å²) in [4.78, 5) is 31.3. The highest BCUT2D eigenvalue weighted by molar-refractivity contribution is 7.80. The second kappa shape index (κ2) is 9.87. The number of hydrogen-bond donors (Lipinski definition) is 5. The molecule has 5 rings (SSSR count). The number of hydrogen-bond acceptors (Lipinski definition) is 5. The van der Waals surface area contributed by atoms with E-state index in [9.17, 15) is 9.59 Å². The summed E-state index contributed by atoms with van der Waals surface area (Å²) >= 11 is 5.49. The fraction of sp³-hybridized carbons (Fsp3) is 0.429. The predicted octanol–water partition coefficient (Wildman–Crippen LogP) is 3.95. The van der Waals surface area contributed by atoms with Gasteiger partial charge < -0.3 is 10.4 Å². The number of carbonyl (C=O) groups is 2. The molecule has 1 aromatic heterocycles. The zero-order valence-electron chi connectivity index (χ0n) is 21.3. The number of fused-ring (bicyclic) bond motifs is 2. The predicted molar refractivity (Wildman–Crippen MR) is 148 cm³/mol. The number of nitrogens with zero attached hydrogens (tertiary/aromatic N) is 1. The molecule has 37 heavy (non-hydrogen) atoms. The summed E-state index contributed by atoms with van der Waals surface area (Å²) in [6.45, 7) is 5.19. The number of carbonyl (C=O) groups excluding carboxylic acids is 2. The van der Waals surface area contributed by atoms with Gasteiger partial charge in [0.05, 0.1) is 0 Å². The lowest BCUT2D eigenvalue weighted by molar-refractivity contribution is -0.131. The second-order valence-corrected chi connectivity index (χ2v) is 11.7. The number of nitrogens with one attached hydrogen (secondary N) is 4. The Morgan fingerprint density at radius 1 is 1.14 bits per heavy atom. The molecule has 2 heterocycles. The Labute approximate surface area is 222 Å². The SMILES string of the molecule is CC1CC2CC(C)CC(CN3C(=O)/C(=C/c4ccc(-c5ccc(C(=N)NN)cc5)[nH]4)C(=O)NC3=S)(C1)C2. The third-order valence-corrected chi connectivity index (χ3v) is 8.40. The molecule has 3 fully saturated rings. The van der Waals surface area contributed by atoms with E-state index >= 15 is 0 Å². The average molecular weight is 519 g/mol. The van der Waals surface area contributed by atoms with Gasteiger partial charge in [0, 0.05) is 23.5 Å². The number of benzene rings is 1. The minimum atomic E-state index is -0.469. The van der Waals surface area contributed by atoms with Gasteiger partial charge in [-0.25, -0.2) is 5.84 Å². The first-order valence-electron chi connectivity index (χ1n) is 12.9. The number of thiocarbonyl (C=S) groups is 1. The summed E-state index contributed by atoms with van der Waals surface area (Å²) in [6.07, 6.45) is 7.43. The largest absolute Gasteiger partial charge is 0.355 e. The van der Waals surface area contributed by atoms with E-state index in [2.05, 4.69) is 29.6 Å². The van der Waals surface area contributed by atoms with Crippen LogP contribution in [0, 0.1) is 28.6 Å². The molecule has 0 spiro atoms. The van der Waals surface area contributed by atoms with Crippen LogP contribution in [0.15, 0.2) is 42.0 Å². The zero-order chi connectivity index (χ0) is 26.3. The quantitative estimate of drug-likeness (QED) is 0.0779. The number of amidine groups is 1. The number of nitrogens with two attached hydrogens (primary N) is 1. The van der Waals surface area contributed by atoms with E-state index in [4.69, 9.17) is 23.5 Å². The topological polar surface area (TPSA) is 127 Å². The average Bonchev–Trinajstić information content (AvgIpc) is 3.32. The van der Waals surface area contributed by atoms with E-state index in [-0.39, 0.29) is 27.8 Å². The highest BCUT2D eigenvalue weighted by atomic mass is 32.1. The number of aromatic amines is 1. The van der Waals surface area contributed by atoms with Gasteiger partial charge in [0.1, 0.15) is 11.4 Å². The smallest absolute Gasteiger partial charge is 0.265 e. The molecule has 0 radical (unpaired) electrons. The van der Waals surface area contributed by atoms with Gasteiger partial charge in [-0.05, 0) is 91.3 Å². The highest BCUT2D eigenvalue weighted by Crippen LogP contribution is 2.53. The van der Waals surface area contributed by atoms with E-state index < -0.39 is 5.91 Å². The van der Waals surface area contributed by atoms with Crippen molar-refractivity contribution in [1.29, 1.82) is 5.41 Å². The molecule has 1 aliphatic heterocycles. The van der Waals surface area contributed by atoms with Gasteiger partial charge in [0.25, 0.3) is 11.8 Å². The Hall–Kier alpha value is -3.30. The third-order valence-electron chi connectivity index (χ3n) is 8.07. The van der Waals surface area contributed by atoms with Gasteiger partial charge in [-0.2, -0.15) is 0 Å². The number of rotatable bonds is 5. The molecule has 2 unspecified atom stereocenters. The molecule has 194 valence electrons. The number of amides is 2. The maximum Gasteiger partial charge on any atom is 0.265 e. The van der Waals surface area contributed by atoms with Crippen molar-refractivity contribution < 1.29 is 9.59 Å². The molecule has 8 nitrogen and oxygen atoms in total. The molecule has 2 aromatic rings. The maximum absolute atomic E-state index is 13.6. The minimum absolute atomic E-state index is 0.0500. The summed E-state index contributed by atoms with van der Waals surface area (Å²) in [5.41, 5.74) is 5.53. The van der Waals surface area contributed by atoms with Crippen LogP contribution in [0.5, 0.6) is 0 Å². The zero-order valence-corrected chi connectivity index (χ0v) is 22.1. The van der Waals surface area contributed by atoms with Crippen LogP contribution >= 0.6 is 12.2 Å². The summed E-state index contributed by atoms with van der Waals surface area (Å²) in [5.74, 6) is 6.62. The van der Waals surface area contributed by atoms with Crippen molar-refractivity contribution in [3.05, 3.63) is 53.2 Å². The molecule has 9 heteroatoms. The van der Waals surface area contributed by atoms with Crippen molar-refractivity contribution in [2.24, 2.45) is 29.0 Å². The van der Waals surface area contributed by atoms with E-state index in [1.165, 1.54) is 12.8 Å². The first-order chi connectivity index (χ1) is 17.7. The van der Waals surface area contributed by atoms with Crippen molar-refractivity contribution in [2.75, 3.05) is 6.54 Å². The normalized spacial score (nSPS) is 28.8. The molecule has 1 aromatic carbocycles. The lowest BCUT2D eigenvalue weighted by atomic mass is 9.56. The third kappa shape index (κ3) is 5.10. The molecule has 1 saturated heterocycles. The summed E-state index contributed by atoms with van der Waals surface area (Å²) < 4.78 is 0. The molecule has 2 saturated carbocycles. The Bertz CT molecular complexity index is 1260.